The minimum Gasteiger partial charge on any atom is -0.393 e. The lowest BCUT2D eigenvalue weighted by molar-refractivity contribution is -0.118. The van der Waals surface area contributed by atoms with Gasteiger partial charge in [0.2, 0.25) is 0 Å². The van der Waals surface area contributed by atoms with Gasteiger partial charge >= 0.3 is 0 Å². The summed E-state index contributed by atoms with van der Waals surface area (Å²) >= 11 is 15.1. The molecule has 5 aromatic rings. The second-order valence-electron chi connectivity index (χ2n) is 11.9. The van der Waals surface area contributed by atoms with Crippen molar-refractivity contribution < 1.29 is 14.3 Å². The highest BCUT2D eigenvalue weighted by atomic mass is 35.5. The molecule has 3 aromatic heterocycles. The predicted molar refractivity (Wildman–Crippen MR) is 175 cm³/mol. The van der Waals surface area contributed by atoms with Crippen molar-refractivity contribution in [2.75, 3.05) is 12.4 Å². The number of halogens is 3. The Bertz CT molecular complexity index is 1840. The number of thiazole rings is 1. The van der Waals surface area contributed by atoms with E-state index >= 15 is 0 Å². The number of hydrogen-bond donors (Lipinski definition) is 2. The van der Waals surface area contributed by atoms with Crippen LogP contribution in [0.2, 0.25) is 10.0 Å². The molecule has 9 nitrogen and oxygen atoms in total. The monoisotopic (exact) mass is 667 g/mol. The van der Waals surface area contributed by atoms with Crippen molar-refractivity contribution in [3.63, 3.8) is 0 Å². The summed E-state index contributed by atoms with van der Waals surface area (Å²) in [6, 6.07) is 9.38. The van der Waals surface area contributed by atoms with Crippen molar-refractivity contribution in [3.8, 4) is 11.1 Å². The number of benzene rings is 2. The van der Waals surface area contributed by atoms with Gasteiger partial charge in [-0.3, -0.25) is 19.7 Å². The number of aromatic nitrogens is 5. The zero-order valence-electron chi connectivity index (χ0n) is 24.5. The minimum atomic E-state index is -1.04. The lowest BCUT2D eigenvalue weighted by atomic mass is 9.92. The van der Waals surface area contributed by atoms with Crippen LogP contribution in [0, 0.1) is 0 Å². The SMILES string of the molecule is CN(Cc1ccc(-c2cc(Cl)c3cn(C(C(=O)Nc4nccs4)c4ncn5c4C[C@@H](F)C5)nc3c2Cl)cc1)C1CCCC(O)C1. The van der Waals surface area contributed by atoms with Crippen LogP contribution in [0.1, 0.15) is 48.7 Å². The Kier molecular flexibility index (Phi) is 8.39. The van der Waals surface area contributed by atoms with Gasteiger partial charge < -0.3 is 9.67 Å². The first-order valence-corrected chi connectivity index (χ1v) is 16.6. The fourth-order valence-corrected chi connectivity index (χ4v) is 7.64. The molecule has 0 radical (unpaired) electrons. The second kappa shape index (κ2) is 12.4. The van der Waals surface area contributed by atoms with E-state index in [4.69, 9.17) is 28.3 Å². The van der Waals surface area contributed by atoms with Gasteiger partial charge in [-0.25, -0.2) is 14.4 Å². The predicted octanol–water partition coefficient (Wildman–Crippen LogP) is 6.52. The summed E-state index contributed by atoms with van der Waals surface area (Å²) in [5.74, 6) is -0.405. The third-order valence-electron chi connectivity index (χ3n) is 8.87. The summed E-state index contributed by atoms with van der Waals surface area (Å²) in [5, 5.41) is 21.4. The van der Waals surface area contributed by atoms with Gasteiger partial charge in [0.1, 0.15) is 11.7 Å². The summed E-state index contributed by atoms with van der Waals surface area (Å²) in [4.78, 5) is 24.7. The fourth-order valence-electron chi connectivity index (χ4n) is 6.56. The van der Waals surface area contributed by atoms with Gasteiger partial charge in [0.05, 0.1) is 34.7 Å². The van der Waals surface area contributed by atoms with Gasteiger partial charge in [-0.1, -0.05) is 47.5 Å². The van der Waals surface area contributed by atoms with E-state index in [1.165, 1.54) is 16.0 Å². The zero-order chi connectivity index (χ0) is 31.2. The molecule has 1 saturated carbocycles. The standard InChI is InChI=1S/C32H32Cl2FN7O2S/c1-40(21-3-2-4-22(43)12-21)14-18-5-7-19(8-6-18)23-13-25(33)24-16-42(39-28(24)27(23)34)30(31(44)38-32-36-9-10-45-32)29-26-11-20(35)15-41(26)17-37-29/h5-10,13,16-17,20-22,30,43H,2-4,11-12,14-15H2,1H3,(H,36,38,44)/t20-,21?,22?,30?/m1/s1. The van der Waals surface area contributed by atoms with E-state index in [9.17, 15) is 14.3 Å². The summed E-state index contributed by atoms with van der Waals surface area (Å²) in [6.45, 7) is 0.977. The quantitative estimate of drug-likeness (QED) is 0.195. The lowest BCUT2D eigenvalue weighted by Crippen LogP contribution is -2.37. The van der Waals surface area contributed by atoms with Crippen molar-refractivity contribution >= 4 is 56.5 Å². The number of carbonyl (C=O) groups is 1. The molecule has 3 unspecified atom stereocenters. The number of nitrogens with zero attached hydrogens (tertiary/aromatic N) is 6. The third-order valence-corrected chi connectivity index (χ3v) is 10.3. The average Bonchev–Trinajstić information content (AvgIpc) is 3.82. The number of nitrogens with one attached hydrogen (secondary N) is 1. The van der Waals surface area contributed by atoms with E-state index in [2.05, 4.69) is 39.4 Å². The first-order valence-electron chi connectivity index (χ1n) is 15.0. The van der Waals surface area contributed by atoms with Crippen LogP contribution in [-0.4, -0.2) is 65.6 Å². The average molecular weight is 669 g/mol. The normalized spacial score (nSPS) is 20.5. The summed E-state index contributed by atoms with van der Waals surface area (Å²) in [5.41, 5.74) is 4.30. The first kappa shape index (κ1) is 30.3. The van der Waals surface area contributed by atoms with Crippen LogP contribution < -0.4 is 5.32 Å². The van der Waals surface area contributed by atoms with Gasteiger partial charge in [0, 0.05) is 53.4 Å². The molecule has 0 bridgehead atoms. The second-order valence-corrected chi connectivity index (χ2v) is 13.6. The van der Waals surface area contributed by atoms with Crippen LogP contribution in [0.3, 0.4) is 0 Å². The smallest absolute Gasteiger partial charge is 0.257 e. The van der Waals surface area contributed by atoms with Crippen molar-refractivity contribution in [2.45, 2.75) is 69.6 Å². The number of imidazole rings is 1. The number of aliphatic hydroxyl groups is 1. The van der Waals surface area contributed by atoms with Gasteiger partial charge in [0.25, 0.3) is 5.91 Å². The molecule has 1 aliphatic carbocycles. The van der Waals surface area contributed by atoms with E-state index in [0.29, 0.717) is 43.5 Å². The number of alkyl halides is 1. The fraction of sp³-hybridized carbons (Fsp3) is 0.375. The number of rotatable bonds is 8. The van der Waals surface area contributed by atoms with E-state index in [-0.39, 0.29) is 19.1 Å². The highest BCUT2D eigenvalue weighted by molar-refractivity contribution is 7.13. The Morgan fingerprint density at radius 3 is 2.82 bits per heavy atom. The van der Waals surface area contributed by atoms with Crippen LogP contribution in [0.4, 0.5) is 9.52 Å². The minimum absolute atomic E-state index is 0.164. The summed E-state index contributed by atoms with van der Waals surface area (Å²) in [7, 11) is 2.11. The van der Waals surface area contributed by atoms with Crippen molar-refractivity contribution in [1.29, 1.82) is 0 Å². The molecule has 13 heteroatoms. The molecule has 0 saturated heterocycles. The van der Waals surface area contributed by atoms with Crippen LogP contribution in [-0.2, 0) is 24.3 Å². The Morgan fingerprint density at radius 1 is 1.24 bits per heavy atom. The van der Waals surface area contributed by atoms with Crippen LogP contribution in [0.15, 0.2) is 54.4 Å². The number of amides is 1. The molecular formula is C32H32Cl2FN7O2S. The van der Waals surface area contributed by atoms with Gasteiger partial charge in [-0.2, -0.15) is 5.10 Å². The van der Waals surface area contributed by atoms with E-state index < -0.39 is 18.1 Å². The summed E-state index contributed by atoms with van der Waals surface area (Å²) < 4.78 is 17.6. The molecule has 234 valence electrons. The third kappa shape index (κ3) is 5.99. The Balaban J connectivity index is 1.20. The maximum atomic E-state index is 14.3. The highest BCUT2D eigenvalue weighted by Gasteiger charge is 2.34. The maximum absolute atomic E-state index is 14.3. The Labute approximate surface area is 273 Å². The number of hydrogen-bond acceptors (Lipinski definition) is 7. The number of fused-ring (bicyclic) bond motifs is 2. The largest absolute Gasteiger partial charge is 0.393 e. The van der Waals surface area contributed by atoms with E-state index in [1.54, 1.807) is 28.7 Å². The Morgan fingerprint density at radius 2 is 2.07 bits per heavy atom. The van der Waals surface area contributed by atoms with Crippen LogP contribution >= 0.6 is 34.5 Å². The molecule has 2 aromatic carbocycles. The molecule has 4 atom stereocenters. The van der Waals surface area contributed by atoms with Crippen LogP contribution in [0.5, 0.6) is 0 Å². The molecule has 4 heterocycles. The van der Waals surface area contributed by atoms with Gasteiger partial charge in [-0.15, -0.1) is 11.3 Å². The van der Waals surface area contributed by atoms with Gasteiger partial charge in [0.15, 0.2) is 11.2 Å². The van der Waals surface area contributed by atoms with Crippen molar-refractivity contribution in [2.24, 2.45) is 0 Å². The lowest BCUT2D eigenvalue weighted by Gasteiger charge is -2.33. The van der Waals surface area contributed by atoms with Gasteiger partial charge in [-0.05, 0) is 49.9 Å². The van der Waals surface area contributed by atoms with E-state index in [0.717, 1.165) is 48.9 Å². The van der Waals surface area contributed by atoms with E-state index in [1.807, 2.05) is 18.2 Å². The Hall–Kier alpha value is -3.35. The maximum Gasteiger partial charge on any atom is 0.257 e. The number of anilines is 1. The molecule has 1 fully saturated rings. The highest BCUT2D eigenvalue weighted by Crippen LogP contribution is 2.39. The molecule has 1 amide bonds. The molecule has 2 aliphatic rings. The van der Waals surface area contributed by atoms with Crippen LogP contribution in [0.25, 0.3) is 22.0 Å². The molecular weight excluding hydrogens is 636 g/mol. The van der Waals surface area contributed by atoms with Crippen molar-refractivity contribution in [1.82, 2.24) is 29.2 Å². The molecule has 1 aliphatic heterocycles. The molecule has 0 spiro atoms. The molecule has 45 heavy (non-hydrogen) atoms. The summed E-state index contributed by atoms with van der Waals surface area (Å²) in [6.07, 6.45) is 7.60. The molecule has 2 N–H and O–H groups in total. The number of aliphatic hydroxyl groups excluding tert-OH is 1. The number of carbonyl (C=O) groups excluding carboxylic acids is 1. The first-order chi connectivity index (χ1) is 21.7. The van der Waals surface area contributed by atoms with Crippen molar-refractivity contribution in [3.05, 3.63) is 81.4 Å². The zero-order valence-corrected chi connectivity index (χ0v) is 26.9. The molecule has 7 rings (SSSR count). The topological polar surface area (TPSA) is 101 Å².